The number of nitrogens with zero attached hydrogens (tertiary/aromatic N) is 4. The SMILES string of the molecule is Cc1cnn(CC(C)NCc2cn3ccccc3c2C#N)c1. The Balaban J connectivity index is 1.70. The summed E-state index contributed by atoms with van der Waals surface area (Å²) in [6, 6.07) is 8.48. The molecular weight excluding hydrogens is 274 g/mol. The lowest BCUT2D eigenvalue weighted by atomic mass is 10.1. The summed E-state index contributed by atoms with van der Waals surface area (Å²) in [4.78, 5) is 0. The van der Waals surface area contributed by atoms with Crippen molar-refractivity contribution < 1.29 is 0 Å². The Bertz CT molecular complexity index is 821. The first-order valence-electron chi connectivity index (χ1n) is 7.38. The van der Waals surface area contributed by atoms with Gasteiger partial charge in [-0.15, -0.1) is 0 Å². The smallest absolute Gasteiger partial charge is 0.102 e. The van der Waals surface area contributed by atoms with E-state index in [1.165, 1.54) is 0 Å². The first-order chi connectivity index (χ1) is 10.7. The van der Waals surface area contributed by atoms with Crippen LogP contribution in [0.2, 0.25) is 0 Å². The van der Waals surface area contributed by atoms with E-state index in [1.807, 2.05) is 59.0 Å². The van der Waals surface area contributed by atoms with Crippen LogP contribution in [0.1, 0.15) is 23.6 Å². The molecule has 0 saturated heterocycles. The van der Waals surface area contributed by atoms with Gasteiger partial charge in [0.25, 0.3) is 0 Å². The largest absolute Gasteiger partial charge is 0.322 e. The summed E-state index contributed by atoms with van der Waals surface area (Å²) in [5.74, 6) is 0. The van der Waals surface area contributed by atoms with Crippen LogP contribution in [0.4, 0.5) is 0 Å². The third-order valence-corrected chi connectivity index (χ3v) is 3.74. The predicted molar refractivity (Wildman–Crippen MR) is 85.4 cm³/mol. The minimum Gasteiger partial charge on any atom is -0.322 e. The summed E-state index contributed by atoms with van der Waals surface area (Å²) in [5.41, 5.74) is 3.89. The Kier molecular flexibility index (Phi) is 3.94. The van der Waals surface area contributed by atoms with Crippen LogP contribution in [0.15, 0.2) is 43.0 Å². The number of fused-ring (bicyclic) bond motifs is 1. The molecule has 0 saturated carbocycles. The Morgan fingerprint density at radius 3 is 2.95 bits per heavy atom. The summed E-state index contributed by atoms with van der Waals surface area (Å²) in [6.45, 7) is 5.64. The first kappa shape index (κ1) is 14.4. The molecule has 1 atom stereocenters. The molecule has 5 heteroatoms. The molecule has 0 aromatic carbocycles. The minimum atomic E-state index is 0.272. The Morgan fingerprint density at radius 1 is 1.36 bits per heavy atom. The van der Waals surface area contributed by atoms with Crippen LogP contribution in [0.3, 0.4) is 0 Å². The summed E-state index contributed by atoms with van der Waals surface area (Å²) in [6.07, 6.45) is 7.88. The molecule has 3 rings (SSSR count). The van der Waals surface area contributed by atoms with Gasteiger partial charge in [0.2, 0.25) is 0 Å². The van der Waals surface area contributed by atoms with Crippen molar-refractivity contribution in [2.75, 3.05) is 0 Å². The van der Waals surface area contributed by atoms with Gasteiger partial charge < -0.3 is 9.72 Å². The maximum atomic E-state index is 9.40. The second-order valence-corrected chi connectivity index (χ2v) is 5.66. The number of hydrogen-bond donors (Lipinski definition) is 1. The molecule has 22 heavy (non-hydrogen) atoms. The van der Waals surface area contributed by atoms with E-state index in [2.05, 4.69) is 23.4 Å². The van der Waals surface area contributed by atoms with Crippen LogP contribution < -0.4 is 5.32 Å². The zero-order valence-corrected chi connectivity index (χ0v) is 12.8. The predicted octanol–water partition coefficient (Wildman–Crippen LogP) is 2.49. The van der Waals surface area contributed by atoms with E-state index in [9.17, 15) is 5.26 Å². The van der Waals surface area contributed by atoms with E-state index in [1.54, 1.807) is 0 Å². The lowest BCUT2D eigenvalue weighted by Gasteiger charge is -2.13. The van der Waals surface area contributed by atoms with Crippen LogP contribution in [0.5, 0.6) is 0 Å². The fourth-order valence-corrected chi connectivity index (χ4v) is 2.64. The molecule has 0 radical (unpaired) electrons. The Hall–Kier alpha value is -2.58. The fraction of sp³-hybridized carbons (Fsp3) is 0.294. The number of pyridine rings is 1. The fourth-order valence-electron chi connectivity index (χ4n) is 2.64. The monoisotopic (exact) mass is 293 g/mol. The van der Waals surface area contributed by atoms with Crippen LogP contribution in [0.25, 0.3) is 5.52 Å². The average Bonchev–Trinajstić information content (AvgIpc) is 3.07. The molecule has 0 aliphatic rings. The molecule has 0 spiro atoms. The standard InChI is InChI=1S/C17H19N5/c1-13-8-20-22(10-13)11-14(2)19-9-15-12-21-6-4-3-5-17(21)16(15)7-18/h3-6,8,10,12,14,19H,9,11H2,1-2H3. The number of rotatable bonds is 5. The number of hydrogen-bond acceptors (Lipinski definition) is 3. The minimum absolute atomic E-state index is 0.272. The highest BCUT2D eigenvalue weighted by atomic mass is 15.3. The summed E-state index contributed by atoms with van der Waals surface area (Å²) in [5, 5.41) is 17.2. The maximum absolute atomic E-state index is 9.40. The Labute approximate surface area is 129 Å². The number of aromatic nitrogens is 3. The first-order valence-corrected chi connectivity index (χ1v) is 7.38. The van der Waals surface area contributed by atoms with E-state index in [0.29, 0.717) is 6.54 Å². The summed E-state index contributed by atoms with van der Waals surface area (Å²) in [7, 11) is 0. The van der Waals surface area contributed by atoms with Gasteiger partial charge in [-0.3, -0.25) is 4.68 Å². The average molecular weight is 293 g/mol. The van der Waals surface area contributed by atoms with Crippen molar-refractivity contribution >= 4 is 5.52 Å². The van der Waals surface area contributed by atoms with E-state index in [4.69, 9.17) is 0 Å². The molecule has 0 bridgehead atoms. The van der Waals surface area contributed by atoms with E-state index >= 15 is 0 Å². The third-order valence-electron chi connectivity index (χ3n) is 3.74. The molecule has 1 N–H and O–H groups in total. The van der Waals surface area contributed by atoms with E-state index < -0.39 is 0 Å². The summed E-state index contributed by atoms with van der Waals surface area (Å²) >= 11 is 0. The quantitative estimate of drug-likeness (QED) is 0.786. The van der Waals surface area contributed by atoms with Crippen LogP contribution in [-0.2, 0) is 13.1 Å². The van der Waals surface area contributed by atoms with Crippen molar-refractivity contribution in [3.63, 3.8) is 0 Å². The molecule has 112 valence electrons. The van der Waals surface area contributed by atoms with Crippen molar-refractivity contribution in [2.24, 2.45) is 0 Å². The van der Waals surface area contributed by atoms with Gasteiger partial charge in [0, 0.05) is 36.7 Å². The van der Waals surface area contributed by atoms with Gasteiger partial charge in [0.05, 0.1) is 23.8 Å². The van der Waals surface area contributed by atoms with Gasteiger partial charge in [-0.05, 0) is 31.5 Å². The topological polar surface area (TPSA) is 58.1 Å². The van der Waals surface area contributed by atoms with E-state index in [0.717, 1.165) is 28.8 Å². The summed E-state index contributed by atoms with van der Waals surface area (Å²) < 4.78 is 3.94. The molecule has 3 aromatic heterocycles. The number of nitrogens with one attached hydrogen (secondary N) is 1. The van der Waals surface area contributed by atoms with Crippen molar-refractivity contribution in [3.05, 3.63) is 59.7 Å². The molecule has 3 heterocycles. The number of nitriles is 1. The van der Waals surface area contributed by atoms with E-state index in [-0.39, 0.29) is 6.04 Å². The number of aryl methyl sites for hydroxylation is 1. The van der Waals surface area contributed by atoms with Crippen molar-refractivity contribution in [2.45, 2.75) is 33.0 Å². The highest BCUT2D eigenvalue weighted by Gasteiger charge is 2.11. The Morgan fingerprint density at radius 2 is 2.23 bits per heavy atom. The molecule has 0 amide bonds. The normalized spacial score (nSPS) is 12.4. The van der Waals surface area contributed by atoms with Crippen molar-refractivity contribution in [1.82, 2.24) is 19.5 Å². The van der Waals surface area contributed by atoms with Crippen molar-refractivity contribution in [1.29, 1.82) is 5.26 Å². The van der Waals surface area contributed by atoms with Gasteiger partial charge in [0.1, 0.15) is 6.07 Å². The van der Waals surface area contributed by atoms with Crippen LogP contribution in [-0.4, -0.2) is 20.2 Å². The lowest BCUT2D eigenvalue weighted by Crippen LogP contribution is -2.30. The maximum Gasteiger partial charge on any atom is 0.102 e. The zero-order chi connectivity index (χ0) is 15.5. The molecule has 5 nitrogen and oxygen atoms in total. The van der Waals surface area contributed by atoms with Gasteiger partial charge in [-0.2, -0.15) is 10.4 Å². The van der Waals surface area contributed by atoms with Gasteiger partial charge >= 0.3 is 0 Å². The van der Waals surface area contributed by atoms with Crippen LogP contribution >= 0.6 is 0 Å². The van der Waals surface area contributed by atoms with Gasteiger partial charge in [0.15, 0.2) is 0 Å². The van der Waals surface area contributed by atoms with Gasteiger partial charge in [-0.25, -0.2) is 0 Å². The second kappa shape index (κ2) is 6.04. The zero-order valence-electron chi connectivity index (χ0n) is 12.8. The lowest BCUT2D eigenvalue weighted by molar-refractivity contribution is 0.450. The highest BCUT2D eigenvalue weighted by Crippen LogP contribution is 2.17. The van der Waals surface area contributed by atoms with Gasteiger partial charge in [-0.1, -0.05) is 6.07 Å². The molecule has 3 aromatic rings. The van der Waals surface area contributed by atoms with Crippen LogP contribution in [0, 0.1) is 18.3 Å². The highest BCUT2D eigenvalue weighted by molar-refractivity contribution is 5.65. The van der Waals surface area contributed by atoms with Crippen molar-refractivity contribution in [3.8, 4) is 6.07 Å². The molecule has 0 aliphatic heterocycles. The second-order valence-electron chi connectivity index (χ2n) is 5.66. The molecule has 0 fully saturated rings. The molecule has 1 unspecified atom stereocenters. The third kappa shape index (κ3) is 2.87. The molecule has 0 aliphatic carbocycles. The molecular formula is C17H19N5.